The summed E-state index contributed by atoms with van der Waals surface area (Å²) in [7, 11) is 1.65. The number of hydrogen-bond acceptors (Lipinski definition) is 4. The first-order valence-electron chi connectivity index (χ1n) is 11.4. The molecule has 1 saturated heterocycles. The van der Waals surface area contributed by atoms with E-state index in [0.717, 1.165) is 27.9 Å². The van der Waals surface area contributed by atoms with Gasteiger partial charge < -0.3 is 15.1 Å². The number of nitrogens with one attached hydrogen (secondary N) is 1. The standard InChI is InChI=1S/C26H34N4O3/c1-19-8-5-6-11-22(19)16-24(32)30-14-12-29(13-15-30)18-25(33)28(4)17-23(31)27-26-20(2)9-7-10-21(26)3/h5-11H,12-18H2,1-4H3,(H,27,31). The lowest BCUT2D eigenvalue weighted by Gasteiger charge is -2.35. The Morgan fingerprint density at radius 2 is 1.48 bits per heavy atom. The number of nitrogens with zero attached hydrogens (tertiary/aromatic N) is 3. The Labute approximate surface area is 196 Å². The number of aryl methyl sites for hydroxylation is 3. The first-order valence-corrected chi connectivity index (χ1v) is 11.4. The molecule has 2 aromatic rings. The molecule has 0 aromatic heterocycles. The van der Waals surface area contributed by atoms with Gasteiger partial charge in [-0.1, -0.05) is 42.5 Å². The van der Waals surface area contributed by atoms with E-state index in [0.29, 0.717) is 32.6 Å². The van der Waals surface area contributed by atoms with Crippen molar-refractivity contribution in [2.45, 2.75) is 27.2 Å². The van der Waals surface area contributed by atoms with Crippen molar-refractivity contribution in [2.24, 2.45) is 0 Å². The molecule has 0 aliphatic carbocycles. The summed E-state index contributed by atoms with van der Waals surface area (Å²) in [6, 6.07) is 13.8. The van der Waals surface area contributed by atoms with Crippen molar-refractivity contribution in [3.8, 4) is 0 Å². The maximum absolute atomic E-state index is 12.7. The van der Waals surface area contributed by atoms with E-state index in [4.69, 9.17) is 0 Å². The number of amides is 3. The third-order valence-corrected chi connectivity index (χ3v) is 6.24. The minimum atomic E-state index is -0.213. The molecule has 0 saturated carbocycles. The second-order valence-electron chi connectivity index (χ2n) is 8.82. The molecule has 1 heterocycles. The molecular weight excluding hydrogens is 416 g/mol. The minimum Gasteiger partial charge on any atom is -0.340 e. The van der Waals surface area contributed by atoms with E-state index in [9.17, 15) is 14.4 Å². The minimum absolute atomic E-state index is 0.00147. The van der Waals surface area contributed by atoms with Crippen LogP contribution in [0, 0.1) is 20.8 Å². The molecule has 1 N–H and O–H groups in total. The fourth-order valence-corrected chi connectivity index (χ4v) is 4.04. The van der Waals surface area contributed by atoms with Crippen molar-refractivity contribution < 1.29 is 14.4 Å². The molecule has 0 unspecified atom stereocenters. The molecule has 3 rings (SSSR count). The predicted octanol–water partition coefficient (Wildman–Crippen LogP) is 2.40. The van der Waals surface area contributed by atoms with Crippen LogP contribution in [0.5, 0.6) is 0 Å². The Morgan fingerprint density at radius 1 is 0.879 bits per heavy atom. The second-order valence-corrected chi connectivity index (χ2v) is 8.82. The Bertz CT molecular complexity index is 992. The van der Waals surface area contributed by atoms with Crippen molar-refractivity contribution >= 4 is 23.4 Å². The van der Waals surface area contributed by atoms with Gasteiger partial charge in [0.2, 0.25) is 17.7 Å². The van der Waals surface area contributed by atoms with Crippen LogP contribution in [-0.2, 0) is 20.8 Å². The maximum atomic E-state index is 12.7. The zero-order valence-electron chi connectivity index (χ0n) is 20.1. The third kappa shape index (κ3) is 6.65. The first-order chi connectivity index (χ1) is 15.7. The van der Waals surface area contributed by atoms with E-state index < -0.39 is 0 Å². The maximum Gasteiger partial charge on any atom is 0.243 e. The van der Waals surface area contributed by atoms with Gasteiger partial charge >= 0.3 is 0 Å². The highest BCUT2D eigenvalue weighted by atomic mass is 16.2. The van der Waals surface area contributed by atoms with Gasteiger partial charge in [0.15, 0.2) is 0 Å². The summed E-state index contributed by atoms with van der Waals surface area (Å²) < 4.78 is 0. The average molecular weight is 451 g/mol. The summed E-state index contributed by atoms with van der Waals surface area (Å²) >= 11 is 0. The monoisotopic (exact) mass is 450 g/mol. The van der Waals surface area contributed by atoms with Crippen LogP contribution in [0.15, 0.2) is 42.5 Å². The lowest BCUT2D eigenvalue weighted by Crippen LogP contribution is -2.52. The molecule has 7 nitrogen and oxygen atoms in total. The normalized spacial score (nSPS) is 14.1. The highest BCUT2D eigenvalue weighted by Gasteiger charge is 2.24. The Morgan fingerprint density at radius 3 is 2.12 bits per heavy atom. The number of carbonyl (C=O) groups excluding carboxylic acids is 3. The van der Waals surface area contributed by atoms with Gasteiger partial charge in [-0.25, -0.2) is 0 Å². The van der Waals surface area contributed by atoms with Crippen molar-refractivity contribution in [3.63, 3.8) is 0 Å². The third-order valence-electron chi connectivity index (χ3n) is 6.24. The SMILES string of the molecule is Cc1ccccc1CC(=O)N1CCN(CC(=O)N(C)CC(=O)Nc2c(C)cccc2C)CC1. The van der Waals surface area contributed by atoms with Gasteiger partial charge in [0, 0.05) is 38.9 Å². The summed E-state index contributed by atoms with van der Waals surface area (Å²) in [6.45, 7) is 8.66. The van der Waals surface area contributed by atoms with Gasteiger partial charge in [-0.05, 0) is 43.0 Å². The predicted molar refractivity (Wildman–Crippen MR) is 130 cm³/mol. The fourth-order valence-electron chi connectivity index (χ4n) is 4.04. The van der Waals surface area contributed by atoms with E-state index >= 15 is 0 Å². The molecule has 1 aliphatic heterocycles. The number of piperazine rings is 1. The first kappa shape index (κ1) is 24.5. The van der Waals surface area contributed by atoms with Gasteiger partial charge in [-0.3, -0.25) is 19.3 Å². The van der Waals surface area contributed by atoms with Crippen molar-refractivity contribution in [2.75, 3.05) is 51.6 Å². The zero-order chi connectivity index (χ0) is 24.0. The Hall–Kier alpha value is -3.19. The van der Waals surface area contributed by atoms with Gasteiger partial charge in [0.25, 0.3) is 0 Å². The highest BCUT2D eigenvalue weighted by molar-refractivity contribution is 5.95. The zero-order valence-corrected chi connectivity index (χ0v) is 20.1. The number of benzene rings is 2. The van der Waals surface area contributed by atoms with Gasteiger partial charge in [-0.2, -0.15) is 0 Å². The van der Waals surface area contributed by atoms with Crippen LogP contribution in [0.3, 0.4) is 0 Å². The van der Waals surface area contributed by atoms with Crippen molar-refractivity contribution in [1.82, 2.24) is 14.7 Å². The van der Waals surface area contributed by atoms with Crippen molar-refractivity contribution in [1.29, 1.82) is 0 Å². The topological polar surface area (TPSA) is 73.0 Å². The largest absolute Gasteiger partial charge is 0.340 e. The average Bonchev–Trinajstić information content (AvgIpc) is 2.78. The summed E-state index contributed by atoms with van der Waals surface area (Å²) in [5, 5.41) is 2.92. The van der Waals surface area contributed by atoms with Crippen LogP contribution in [0.2, 0.25) is 0 Å². The van der Waals surface area contributed by atoms with Gasteiger partial charge in [0.1, 0.15) is 0 Å². The Balaban J connectivity index is 1.43. The number of hydrogen-bond donors (Lipinski definition) is 1. The van der Waals surface area contributed by atoms with Crippen LogP contribution >= 0.6 is 0 Å². The molecule has 33 heavy (non-hydrogen) atoms. The molecule has 2 aromatic carbocycles. The van der Waals surface area contributed by atoms with Crippen LogP contribution in [0.25, 0.3) is 0 Å². The molecule has 0 atom stereocenters. The second kappa shape index (κ2) is 11.1. The van der Waals surface area contributed by atoms with Crippen LogP contribution < -0.4 is 5.32 Å². The van der Waals surface area contributed by atoms with Crippen LogP contribution in [-0.4, -0.2) is 78.7 Å². The van der Waals surface area contributed by atoms with Gasteiger partial charge in [0.05, 0.1) is 19.5 Å². The number of likely N-dealkylation sites (N-methyl/N-ethyl adjacent to an activating group) is 1. The van der Waals surface area contributed by atoms with Gasteiger partial charge in [-0.15, -0.1) is 0 Å². The quantitative estimate of drug-likeness (QED) is 0.703. The van der Waals surface area contributed by atoms with Crippen LogP contribution in [0.1, 0.15) is 22.3 Å². The van der Waals surface area contributed by atoms with E-state index in [1.165, 1.54) is 4.90 Å². The van der Waals surface area contributed by atoms with E-state index in [2.05, 4.69) is 5.32 Å². The van der Waals surface area contributed by atoms with E-state index in [1.54, 1.807) is 7.05 Å². The number of rotatable bonds is 7. The van der Waals surface area contributed by atoms with E-state index in [-0.39, 0.29) is 30.8 Å². The summed E-state index contributed by atoms with van der Waals surface area (Å²) in [5.41, 5.74) is 4.97. The number of para-hydroxylation sites is 1. The summed E-state index contributed by atoms with van der Waals surface area (Å²) in [6.07, 6.45) is 0.407. The molecular formula is C26H34N4O3. The lowest BCUT2D eigenvalue weighted by molar-refractivity contribution is -0.136. The molecule has 0 radical (unpaired) electrons. The van der Waals surface area contributed by atoms with Crippen molar-refractivity contribution in [3.05, 3.63) is 64.7 Å². The Kier molecular flexibility index (Phi) is 8.22. The molecule has 3 amide bonds. The fraction of sp³-hybridized carbons (Fsp3) is 0.423. The van der Waals surface area contributed by atoms with Crippen LogP contribution in [0.4, 0.5) is 5.69 Å². The highest BCUT2D eigenvalue weighted by Crippen LogP contribution is 2.19. The molecule has 176 valence electrons. The smallest absolute Gasteiger partial charge is 0.243 e. The van der Waals surface area contributed by atoms with E-state index in [1.807, 2.05) is 73.0 Å². The lowest BCUT2D eigenvalue weighted by atomic mass is 10.1. The molecule has 1 fully saturated rings. The summed E-state index contributed by atoms with van der Waals surface area (Å²) in [5.74, 6) is -0.197. The molecule has 0 bridgehead atoms. The summed E-state index contributed by atoms with van der Waals surface area (Å²) in [4.78, 5) is 43.1. The number of carbonyl (C=O) groups is 3. The number of anilines is 1. The molecule has 1 aliphatic rings. The molecule has 7 heteroatoms. The molecule has 0 spiro atoms.